The molecule has 0 heterocycles. The highest BCUT2D eigenvalue weighted by Gasteiger charge is 2.19. The lowest BCUT2D eigenvalue weighted by Gasteiger charge is -2.15. The number of rotatable bonds is 8. The van der Waals surface area contributed by atoms with Gasteiger partial charge in [-0.1, -0.05) is 30.3 Å². The van der Waals surface area contributed by atoms with E-state index in [1.165, 1.54) is 0 Å². The Hall–Kier alpha value is -1.92. The minimum absolute atomic E-state index is 0.00812. The van der Waals surface area contributed by atoms with Gasteiger partial charge in [0.25, 0.3) is 0 Å². The number of hydrogen-bond acceptors (Lipinski definition) is 4. The number of carbonyl (C=O) groups excluding carboxylic acids is 1. The highest BCUT2D eigenvalue weighted by atomic mass is 16.4. The van der Waals surface area contributed by atoms with Crippen molar-refractivity contribution in [1.29, 1.82) is 0 Å². The number of benzene rings is 1. The molecule has 6 nitrogen and oxygen atoms in total. The maximum Gasteiger partial charge on any atom is 0.326 e. The summed E-state index contributed by atoms with van der Waals surface area (Å²) < 4.78 is 0. The molecule has 0 spiro atoms. The van der Waals surface area contributed by atoms with Crippen LogP contribution in [0.3, 0.4) is 0 Å². The van der Waals surface area contributed by atoms with Gasteiger partial charge in [-0.2, -0.15) is 0 Å². The van der Waals surface area contributed by atoms with Crippen molar-refractivity contribution < 1.29 is 19.8 Å². The Labute approximate surface area is 117 Å². The molecule has 0 aliphatic heterocycles. The molecule has 110 valence electrons. The Morgan fingerprint density at radius 2 is 1.85 bits per heavy atom. The van der Waals surface area contributed by atoms with Crippen LogP contribution in [0, 0.1) is 0 Å². The van der Waals surface area contributed by atoms with E-state index < -0.39 is 12.0 Å². The maximum absolute atomic E-state index is 11.7. The molecule has 20 heavy (non-hydrogen) atoms. The summed E-state index contributed by atoms with van der Waals surface area (Å²) >= 11 is 0. The average Bonchev–Trinajstić information content (AvgIpc) is 2.45. The molecule has 1 rings (SSSR count). The van der Waals surface area contributed by atoms with Crippen LogP contribution in [0.2, 0.25) is 0 Å². The third-order valence-electron chi connectivity index (χ3n) is 2.96. The number of carbonyl (C=O) groups is 2. The molecule has 1 aromatic carbocycles. The summed E-state index contributed by atoms with van der Waals surface area (Å²) in [5, 5.41) is 20.0. The van der Waals surface area contributed by atoms with Crippen LogP contribution >= 0.6 is 0 Å². The summed E-state index contributed by atoms with van der Waals surface area (Å²) in [5.74, 6) is -1.53. The van der Waals surface area contributed by atoms with E-state index in [0.29, 0.717) is 6.42 Å². The van der Waals surface area contributed by atoms with Crippen LogP contribution in [0.1, 0.15) is 30.9 Å². The number of hydrogen-bond donors (Lipinski definition) is 4. The quantitative estimate of drug-likeness (QED) is 0.551. The summed E-state index contributed by atoms with van der Waals surface area (Å²) in [5.41, 5.74) is 6.89. The van der Waals surface area contributed by atoms with Crippen LogP contribution in [0.4, 0.5) is 0 Å². The molecule has 1 amide bonds. The summed E-state index contributed by atoms with van der Waals surface area (Å²) in [6, 6.07) is 8.08. The van der Waals surface area contributed by atoms with E-state index in [0.717, 1.165) is 5.56 Å². The summed E-state index contributed by atoms with van der Waals surface area (Å²) in [4.78, 5) is 22.5. The number of nitrogens with one attached hydrogen (secondary N) is 1. The summed E-state index contributed by atoms with van der Waals surface area (Å²) in [6.45, 7) is -0.291. The van der Waals surface area contributed by atoms with Gasteiger partial charge in [0.05, 0.1) is 0 Å². The van der Waals surface area contributed by atoms with E-state index in [4.69, 9.17) is 15.9 Å². The molecule has 0 aliphatic carbocycles. The van der Waals surface area contributed by atoms with Gasteiger partial charge in [-0.15, -0.1) is 0 Å². The van der Waals surface area contributed by atoms with Crippen LogP contribution in [-0.4, -0.2) is 34.7 Å². The predicted octanol–water partition coefficient (Wildman–Crippen LogP) is 0.418. The van der Waals surface area contributed by atoms with Crippen LogP contribution in [-0.2, 0) is 9.59 Å². The normalized spacial score (nSPS) is 13.5. The number of amides is 1. The number of carboxylic acid groups (broad SMARTS) is 1. The largest absolute Gasteiger partial charge is 0.480 e. The molecular weight excluding hydrogens is 260 g/mol. The third-order valence-corrected chi connectivity index (χ3v) is 2.96. The zero-order valence-electron chi connectivity index (χ0n) is 11.2. The van der Waals surface area contributed by atoms with E-state index in [2.05, 4.69) is 5.32 Å². The average molecular weight is 280 g/mol. The minimum Gasteiger partial charge on any atom is -0.480 e. The Balaban J connectivity index is 2.41. The van der Waals surface area contributed by atoms with Crippen LogP contribution in [0.15, 0.2) is 30.3 Å². The number of aliphatic hydroxyl groups excluding tert-OH is 1. The maximum atomic E-state index is 11.7. The number of nitrogens with two attached hydrogens (primary N) is 1. The van der Waals surface area contributed by atoms with E-state index in [-0.39, 0.29) is 31.4 Å². The Bertz CT molecular complexity index is 436. The molecule has 2 unspecified atom stereocenters. The molecule has 0 aromatic heterocycles. The molecule has 0 aliphatic rings. The fourth-order valence-corrected chi connectivity index (χ4v) is 1.81. The monoisotopic (exact) mass is 280 g/mol. The standard InChI is InChI=1S/C14H20N2O4/c15-11(10-4-2-1-3-5-10)6-7-13(18)16-12(8-9-17)14(19)20/h1-5,11-12,17H,6-9,15H2,(H,16,18)(H,19,20). The van der Waals surface area contributed by atoms with E-state index in [1.807, 2.05) is 30.3 Å². The fraction of sp³-hybridized carbons (Fsp3) is 0.429. The van der Waals surface area contributed by atoms with E-state index in [1.54, 1.807) is 0 Å². The van der Waals surface area contributed by atoms with Crippen LogP contribution in [0.25, 0.3) is 0 Å². The first kappa shape index (κ1) is 16.1. The molecule has 1 aromatic rings. The molecule has 0 fully saturated rings. The molecule has 0 saturated carbocycles. The van der Waals surface area contributed by atoms with Crippen molar-refractivity contribution in [2.75, 3.05) is 6.61 Å². The smallest absolute Gasteiger partial charge is 0.326 e. The predicted molar refractivity (Wildman–Crippen MR) is 73.9 cm³/mol. The van der Waals surface area contributed by atoms with Gasteiger partial charge in [0, 0.05) is 25.5 Å². The number of carboxylic acids is 1. The SMILES string of the molecule is NC(CCC(=O)NC(CCO)C(=O)O)c1ccccc1. The van der Waals surface area contributed by atoms with Crippen molar-refractivity contribution in [1.82, 2.24) is 5.32 Å². The van der Waals surface area contributed by atoms with E-state index in [9.17, 15) is 9.59 Å². The third kappa shape index (κ3) is 5.38. The van der Waals surface area contributed by atoms with Crippen molar-refractivity contribution in [2.24, 2.45) is 5.73 Å². The molecule has 0 radical (unpaired) electrons. The van der Waals surface area contributed by atoms with Crippen LogP contribution < -0.4 is 11.1 Å². The molecule has 6 heteroatoms. The van der Waals surface area contributed by atoms with Crippen molar-refractivity contribution in [3.63, 3.8) is 0 Å². The summed E-state index contributed by atoms with van der Waals surface area (Å²) in [7, 11) is 0. The lowest BCUT2D eigenvalue weighted by atomic mass is 10.0. The zero-order chi connectivity index (χ0) is 15.0. The van der Waals surface area contributed by atoms with Crippen molar-refractivity contribution in [3.05, 3.63) is 35.9 Å². The first-order valence-electron chi connectivity index (χ1n) is 6.48. The Kier molecular flexibility index (Phi) is 6.69. The van der Waals surface area contributed by atoms with Gasteiger partial charge in [0.1, 0.15) is 6.04 Å². The molecule has 0 saturated heterocycles. The van der Waals surface area contributed by atoms with Crippen LogP contribution in [0.5, 0.6) is 0 Å². The van der Waals surface area contributed by atoms with Gasteiger partial charge in [-0.3, -0.25) is 4.79 Å². The van der Waals surface area contributed by atoms with Gasteiger partial charge >= 0.3 is 5.97 Å². The Morgan fingerprint density at radius 3 is 2.40 bits per heavy atom. The lowest BCUT2D eigenvalue weighted by molar-refractivity contribution is -0.142. The first-order chi connectivity index (χ1) is 9.54. The fourth-order valence-electron chi connectivity index (χ4n) is 1.81. The molecule has 0 bridgehead atoms. The van der Waals surface area contributed by atoms with Gasteiger partial charge in [-0.25, -0.2) is 4.79 Å². The van der Waals surface area contributed by atoms with Crippen molar-refractivity contribution in [2.45, 2.75) is 31.3 Å². The lowest BCUT2D eigenvalue weighted by Crippen LogP contribution is -2.41. The molecular formula is C14H20N2O4. The highest BCUT2D eigenvalue weighted by Crippen LogP contribution is 2.14. The van der Waals surface area contributed by atoms with Gasteiger partial charge in [0.15, 0.2) is 0 Å². The highest BCUT2D eigenvalue weighted by molar-refractivity contribution is 5.83. The Morgan fingerprint density at radius 1 is 1.20 bits per heavy atom. The van der Waals surface area contributed by atoms with E-state index >= 15 is 0 Å². The second kappa shape index (κ2) is 8.29. The topological polar surface area (TPSA) is 113 Å². The summed E-state index contributed by atoms with van der Waals surface area (Å²) in [6.07, 6.45) is 0.568. The van der Waals surface area contributed by atoms with Gasteiger partial charge < -0.3 is 21.3 Å². The van der Waals surface area contributed by atoms with Gasteiger partial charge in [0.2, 0.25) is 5.91 Å². The molecule has 5 N–H and O–H groups in total. The van der Waals surface area contributed by atoms with Crippen molar-refractivity contribution >= 4 is 11.9 Å². The second-order valence-electron chi connectivity index (χ2n) is 4.53. The van der Waals surface area contributed by atoms with Crippen molar-refractivity contribution in [3.8, 4) is 0 Å². The number of aliphatic carboxylic acids is 1. The molecule has 2 atom stereocenters. The first-order valence-corrected chi connectivity index (χ1v) is 6.48. The number of aliphatic hydroxyl groups is 1. The second-order valence-corrected chi connectivity index (χ2v) is 4.53. The minimum atomic E-state index is -1.15. The van der Waals surface area contributed by atoms with Gasteiger partial charge in [-0.05, 0) is 12.0 Å². The zero-order valence-corrected chi connectivity index (χ0v) is 11.2.